The van der Waals surface area contributed by atoms with Gasteiger partial charge in [-0.3, -0.25) is 5.41 Å². The standard InChI is InChI=1S/C9H19N2/c1-3-5-7-11(9-10)8-6-4-2/h10H,3-8H2,1-2H3. The highest BCUT2D eigenvalue weighted by molar-refractivity contribution is 5.50. The van der Waals surface area contributed by atoms with E-state index in [0.29, 0.717) is 0 Å². The predicted molar refractivity (Wildman–Crippen MR) is 49.1 cm³/mol. The summed E-state index contributed by atoms with van der Waals surface area (Å²) >= 11 is 0. The fraction of sp³-hybridized carbons (Fsp3) is 0.889. The maximum atomic E-state index is 6.99. The Labute approximate surface area is 70.1 Å². The van der Waals surface area contributed by atoms with Gasteiger partial charge in [0.25, 0.3) is 0 Å². The Kier molecular flexibility index (Phi) is 7.21. The molecule has 0 aliphatic rings. The van der Waals surface area contributed by atoms with E-state index in [-0.39, 0.29) is 0 Å². The lowest BCUT2D eigenvalue weighted by molar-refractivity contribution is 0.407. The van der Waals surface area contributed by atoms with Gasteiger partial charge in [-0.25, -0.2) is 0 Å². The topological polar surface area (TPSA) is 27.1 Å². The zero-order valence-electron chi connectivity index (χ0n) is 7.69. The summed E-state index contributed by atoms with van der Waals surface area (Å²) < 4.78 is 0. The molecule has 0 heterocycles. The van der Waals surface area contributed by atoms with Gasteiger partial charge < -0.3 is 4.90 Å². The number of hydrogen-bond acceptors (Lipinski definition) is 1. The smallest absolute Gasteiger partial charge is 0.163 e. The Hall–Kier alpha value is -0.530. The number of nitrogens with one attached hydrogen (secondary N) is 1. The first-order chi connectivity index (χ1) is 5.35. The molecule has 0 saturated heterocycles. The van der Waals surface area contributed by atoms with Crippen molar-refractivity contribution in [1.29, 1.82) is 5.41 Å². The zero-order chi connectivity index (χ0) is 8.53. The van der Waals surface area contributed by atoms with Gasteiger partial charge in [0.1, 0.15) is 0 Å². The Morgan fingerprint density at radius 3 is 1.82 bits per heavy atom. The fourth-order valence-corrected chi connectivity index (χ4v) is 0.922. The second-order valence-corrected chi connectivity index (χ2v) is 2.81. The average molecular weight is 155 g/mol. The van der Waals surface area contributed by atoms with E-state index in [0.717, 1.165) is 13.1 Å². The van der Waals surface area contributed by atoms with E-state index in [2.05, 4.69) is 20.2 Å². The monoisotopic (exact) mass is 155 g/mol. The van der Waals surface area contributed by atoms with Crippen LogP contribution in [0.2, 0.25) is 0 Å². The van der Waals surface area contributed by atoms with Gasteiger partial charge in [-0.2, -0.15) is 0 Å². The van der Waals surface area contributed by atoms with Crippen LogP contribution in [0.15, 0.2) is 0 Å². The van der Waals surface area contributed by atoms with Gasteiger partial charge in [-0.15, -0.1) is 0 Å². The highest BCUT2D eigenvalue weighted by Crippen LogP contribution is 1.95. The van der Waals surface area contributed by atoms with E-state index < -0.39 is 0 Å². The molecule has 65 valence electrons. The van der Waals surface area contributed by atoms with E-state index in [1.165, 1.54) is 25.7 Å². The summed E-state index contributed by atoms with van der Waals surface area (Å²) in [5, 5.41) is 6.99. The molecule has 0 aromatic heterocycles. The van der Waals surface area contributed by atoms with Crippen LogP contribution in [0.1, 0.15) is 39.5 Å². The van der Waals surface area contributed by atoms with Crippen molar-refractivity contribution in [3.05, 3.63) is 0 Å². The van der Waals surface area contributed by atoms with Gasteiger partial charge in [-0.1, -0.05) is 26.7 Å². The van der Waals surface area contributed by atoms with Crippen molar-refractivity contribution in [3.63, 3.8) is 0 Å². The molecule has 0 atom stereocenters. The minimum absolute atomic E-state index is 1.00. The summed E-state index contributed by atoms with van der Waals surface area (Å²) in [7, 11) is 0. The zero-order valence-corrected chi connectivity index (χ0v) is 7.69. The molecular formula is C9H19N2. The largest absolute Gasteiger partial charge is 0.354 e. The maximum absolute atomic E-state index is 6.99. The third-order valence-corrected chi connectivity index (χ3v) is 1.72. The van der Waals surface area contributed by atoms with E-state index in [1.807, 2.05) is 4.90 Å². The minimum atomic E-state index is 1.00. The van der Waals surface area contributed by atoms with Crippen LogP contribution in [0.25, 0.3) is 0 Å². The molecule has 0 unspecified atom stereocenters. The van der Waals surface area contributed by atoms with Crippen LogP contribution in [0, 0.1) is 5.41 Å². The molecule has 11 heavy (non-hydrogen) atoms. The van der Waals surface area contributed by atoms with Crippen molar-refractivity contribution in [2.24, 2.45) is 0 Å². The van der Waals surface area contributed by atoms with Crippen molar-refractivity contribution >= 4 is 6.34 Å². The molecule has 1 N–H and O–H groups in total. The van der Waals surface area contributed by atoms with Gasteiger partial charge in [0.05, 0.1) is 0 Å². The molecule has 0 aromatic rings. The fourth-order valence-electron chi connectivity index (χ4n) is 0.922. The number of nitrogens with zero attached hydrogens (tertiary/aromatic N) is 1. The lowest BCUT2D eigenvalue weighted by Crippen LogP contribution is -2.23. The Balaban J connectivity index is 3.33. The van der Waals surface area contributed by atoms with Gasteiger partial charge in [0.2, 0.25) is 0 Å². The average Bonchev–Trinajstić information content (AvgIpc) is 2.05. The molecule has 0 saturated carbocycles. The van der Waals surface area contributed by atoms with E-state index in [1.54, 1.807) is 0 Å². The lowest BCUT2D eigenvalue weighted by atomic mass is 10.3. The molecule has 0 spiro atoms. The van der Waals surface area contributed by atoms with Crippen molar-refractivity contribution in [2.45, 2.75) is 39.5 Å². The molecule has 0 aliphatic carbocycles. The van der Waals surface area contributed by atoms with Crippen molar-refractivity contribution < 1.29 is 0 Å². The SMILES string of the molecule is CCCCN([C]=N)CCCC. The quantitative estimate of drug-likeness (QED) is 0.341. The molecule has 0 aromatic carbocycles. The Morgan fingerprint density at radius 2 is 1.55 bits per heavy atom. The number of rotatable bonds is 7. The first-order valence-corrected chi connectivity index (χ1v) is 4.52. The van der Waals surface area contributed by atoms with Gasteiger partial charge in [-0.05, 0) is 12.8 Å². The summed E-state index contributed by atoms with van der Waals surface area (Å²) in [4.78, 5) is 1.97. The third kappa shape index (κ3) is 5.89. The normalized spacial score (nSPS) is 9.64. The molecule has 0 rings (SSSR count). The molecule has 2 heteroatoms. The van der Waals surface area contributed by atoms with E-state index in [9.17, 15) is 0 Å². The molecule has 0 aliphatic heterocycles. The molecule has 1 radical (unpaired) electrons. The van der Waals surface area contributed by atoms with Crippen LogP contribution in [0.4, 0.5) is 0 Å². The van der Waals surface area contributed by atoms with Gasteiger partial charge in [0.15, 0.2) is 6.34 Å². The van der Waals surface area contributed by atoms with Crippen molar-refractivity contribution in [2.75, 3.05) is 13.1 Å². The highest BCUT2D eigenvalue weighted by atomic mass is 15.1. The molecular weight excluding hydrogens is 136 g/mol. The minimum Gasteiger partial charge on any atom is -0.354 e. The molecule has 2 nitrogen and oxygen atoms in total. The van der Waals surface area contributed by atoms with Gasteiger partial charge >= 0.3 is 0 Å². The Bertz CT molecular complexity index is 83.6. The molecule has 0 fully saturated rings. The second kappa shape index (κ2) is 7.58. The van der Waals surface area contributed by atoms with Crippen LogP contribution in [-0.2, 0) is 0 Å². The predicted octanol–water partition coefficient (Wildman–Crippen LogP) is 2.37. The number of unbranched alkanes of at least 4 members (excludes halogenated alkanes) is 2. The van der Waals surface area contributed by atoms with Crippen molar-refractivity contribution in [3.8, 4) is 0 Å². The summed E-state index contributed by atoms with van der Waals surface area (Å²) in [6, 6.07) is 0. The van der Waals surface area contributed by atoms with Crippen molar-refractivity contribution in [1.82, 2.24) is 4.90 Å². The Morgan fingerprint density at radius 1 is 1.09 bits per heavy atom. The summed E-state index contributed by atoms with van der Waals surface area (Å²) in [6.07, 6.45) is 7.20. The molecule has 0 amide bonds. The van der Waals surface area contributed by atoms with Gasteiger partial charge in [0, 0.05) is 13.1 Å². The second-order valence-electron chi connectivity index (χ2n) is 2.81. The van der Waals surface area contributed by atoms with Crippen LogP contribution in [0.3, 0.4) is 0 Å². The summed E-state index contributed by atoms with van der Waals surface area (Å²) in [5.74, 6) is 0. The highest BCUT2D eigenvalue weighted by Gasteiger charge is 1.97. The first kappa shape index (κ1) is 10.5. The van der Waals surface area contributed by atoms with Crippen LogP contribution in [0.5, 0.6) is 0 Å². The van der Waals surface area contributed by atoms with Crippen LogP contribution in [-0.4, -0.2) is 24.3 Å². The van der Waals surface area contributed by atoms with Crippen LogP contribution < -0.4 is 0 Å². The first-order valence-electron chi connectivity index (χ1n) is 4.52. The van der Waals surface area contributed by atoms with E-state index >= 15 is 0 Å². The number of hydrogen-bond donors (Lipinski definition) is 1. The molecule has 0 bridgehead atoms. The summed E-state index contributed by atoms with van der Waals surface area (Å²) in [5.41, 5.74) is 0. The lowest BCUT2D eigenvalue weighted by Gasteiger charge is -2.16. The third-order valence-electron chi connectivity index (χ3n) is 1.72. The summed E-state index contributed by atoms with van der Waals surface area (Å²) in [6.45, 7) is 6.34. The van der Waals surface area contributed by atoms with E-state index in [4.69, 9.17) is 5.41 Å². The van der Waals surface area contributed by atoms with Crippen LogP contribution >= 0.6 is 0 Å². The maximum Gasteiger partial charge on any atom is 0.163 e.